The van der Waals surface area contributed by atoms with Gasteiger partial charge in [0.15, 0.2) is 0 Å². The van der Waals surface area contributed by atoms with Gasteiger partial charge in [-0.3, -0.25) is 0 Å². The molecule has 0 atom stereocenters. The fourth-order valence-electron chi connectivity index (χ4n) is 4.52. The van der Waals surface area contributed by atoms with Gasteiger partial charge in [0, 0.05) is 29.4 Å². The summed E-state index contributed by atoms with van der Waals surface area (Å²) >= 11 is 4.84. The Morgan fingerprint density at radius 2 is 0.565 bits per heavy atom. The Morgan fingerprint density at radius 1 is 0.326 bits per heavy atom. The Bertz CT molecular complexity index is 2150. The molecule has 6 aromatic rings. The molecule has 0 amide bonds. The van der Waals surface area contributed by atoms with Crippen LogP contribution in [0.5, 0.6) is 0 Å². The molecular weight excluding hydrogens is 669 g/mol. The van der Waals surface area contributed by atoms with Crippen LogP contribution in [0.4, 0.5) is 0 Å². The van der Waals surface area contributed by atoms with E-state index in [1.54, 1.807) is 114 Å². The van der Waals surface area contributed by atoms with Crippen LogP contribution in [0.2, 0.25) is 0 Å². The van der Waals surface area contributed by atoms with Gasteiger partial charge in [0.05, 0.1) is 19.6 Å². The van der Waals surface area contributed by atoms with Gasteiger partial charge in [-0.2, -0.15) is 0 Å². The van der Waals surface area contributed by atoms with Crippen LogP contribution in [-0.2, 0) is 19.7 Å². The first-order valence-electron chi connectivity index (χ1n) is 14.2. The third-order valence-corrected chi connectivity index (χ3v) is 13.6. The average Bonchev–Trinajstić information content (AvgIpc) is 3.08. The normalized spacial score (nSPS) is 11.8. The van der Waals surface area contributed by atoms with Crippen molar-refractivity contribution in [2.75, 3.05) is 0 Å². The van der Waals surface area contributed by atoms with Crippen molar-refractivity contribution >= 4 is 55.0 Å². The van der Waals surface area contributed by atoms with Crippen LogP contribution in [-0.4, -0.2) is 16.8 Å². The smallest absolute Gasteiger partial charge is 0.206 e. The van der Waals surface area contributed by atoms with Gasteiger partial charge in [0.2, 0.25) is 19.7 Å². The highest BCUT2D eigenvalue weighted by molar-refractivity contribution is 8.00. The SMILES string of the molecule is Cc1ccc(S(=O)(=O)c2ccc(Sc3ccc(Sc4ccc(Sc5ccc(S(=O)(=O)c6ccccc6)cc5)cc4)cc3)cc2)cc1. The Kier molecular flexibility index (Phi) is 9.77. The Labute approximate surface area is 283 Å². The minimum Gasteiger partial charge on any atom is -0.219 e. The van der Waals surface area contributed by atoms with Crippen molar-refractivity contribution < 1.29 is 16.8 Å². The molecule has 0 radical (unpaired) electrons. The fourth-order valence-corrected chi connectivity index (χ4v) is 9.52. The van der Waals surface area contributed by atoms with Gasteiger partial charge in [-0.05, 0) is 128 Å². The Morgan fingerprint density at radius 3 is 0.870 bits per heavy atom. The maximum absolute atomic E-state index is 13.0. The molecule has 230 valence electrons. The first kappa shape index (κ1) is 32.2. The van der Waals surface area contributed by atoms with Crippen LogP contribution in [0.1, 0.15) is 5.56 Å². The maximum Gasteiger partial charge on any atom is 0.206 e. The zero-order valence-electron chi connectivity index (χ0n) is 24.6. The predicted molar refractivity (Wildman–Crippen MR) is 187 cm³/mol. The van der Waals surface area contributed by atoms with E-state index in [0.29, 0.717) is 4.90 Å². The van der Waals surface area contributed by atoms with Crippen molar-refractivity contribution in [3.05, 3.63) is 157 Å². The lowest BCUT2D eigenvalue weighted by molar-refractivity contribution is 0.594. The van der Waals surface area contributed by atoms with Crippen molar-refractivity contribution in [2.45, 2.75) is 55.9 Å². The van der Waals surface area contributed by atoms with Crippen LogP contribution in [0.15, 0.2) is 201 Å². The molecule has 46 heavy (non-hydrogen) atoms. The molecule has 0 unspecified atom stereocenters. The van der Waals surface area contributed by atoms with Crippen LogP contribution < -0.4 is 0 Å². The summed E-state index contributed by atoms with van der Waals surface area (Å²) in [5.74, 6) is 0. The van der Waals surface area contributed by atoms with E-state index in [9.17, 15) is 16.8 Å². The molecule has 6 aromatic carbocycles. The molecule has 0 N–H and O–H groups in total. The molecule has 6 rings (SSSR count). The monoisotopic (exact) mass is 696 g/mol. The summed E-state index contributed by atoms with van der Waals surface area (Å²) in [5, 5.41) is 0. The van der Waals surface area contributed by atoms with Gasteiger partial charge in [-0.25, -0.2) is 16.8 Å². The number of sulfone groups is 2. The van der Waals surface area contributed by atoms with Gasteiger partial charge >= 0.3 is 0 Å². The van der Waals surface area contributed by atoms with Gasteiger partial charge in [0.1, 0.15) is 0 Å². The second kappa shape index (κ2) is 13.9. The molecule has 0 bridgehead atoms. The number of aryl methyl sites for hydroxylation is 1. The van der Waals surface area contributed by atoms with Gasteiger partial charge < -0.3 is 0 Å². The highest BCUT2D eigenvalue weighted by Gasteiger charge is 2.18. The number of hydrogen-bond acceptors (Lipinski definition) is 7. The molecule has 0 aliphatic carbocycles. The third kappa shape index (κ3) is 7.62. The van der Waals surface area contributed by atoms with Crippen molar-refractivity contribution in [1.29, 1.82) is 0 Å². The van der Waals surface area contributed by atoms with Crippen molar-refractivity contribution in [3.8, 4) is 0 Å². The van der Waals surface area contributed by atoms with Gasteiger partial charge in [-0.15, -0.1) is 0 Å². The van der Waals surface area contributed by atoms with Crippen LogP contribution in [0, 0.1) is 6.92 Å². The average molecular weight is 697 g/mol. The predicted octanol–water partition coefficient (Wildman–Crippen LogP) is 10.1. The van der Waals surface area contributed by atoms with E-state index in [1.165, 1.54) is 0 Å². The quantitative estimate of drug-likeness (QED) is 0.141. The summed E-state index contributed by atoms with van der Waals surface area (Å²) in [4.78, 5) is 7.41. The van der Waals surface area contributed by atoms with Gasteiger partial charge in [-0.1, -0.05) is 71.2 Å². The van der Waals surface area contributed by atoms with E-state index in [-0.39, 0.29) is 14.7 Å². The standard InChI is InChI=1S/C37H28O4S5/c1-27-7-21-35(22-8-27)46(40,41)37-25-19-33(20-26-37)44-31-15-11-29(12-16-31)42-28-9-13-30(14-10-28)43-32-17-23-36(24-18-32)45(38,39)34-5-3-2-4-6-34/h2-26H,1H3. The lowest BCUT2D eigenvalue weighted by Gasteiger charge is -2.08. The number of rotatable bonds is 10. The Balaban J connectivity index is 1.04. The minimum absolute atomic E-state index is 0.279. The first-order chi connectivity index (χ1) is 22.2. The summed E-state index contributed by atoms with van der Waals surface area (Å²) in [6.45, 7) is 1.93. The molecule has 0 aromatic heterocycles. The van der Waals surface area contributed by atoms with E-state index >= 15 is 0 Å². The Hall–Kier alpha value is -3.73. The van der Waals surface area contributed by atoms with E-state index in [1.807, 2.05) is 31.2 Å². The second-order valence-corrected chi connectivity index (χ2v) is 17.7. The fraction of sp³-hybridized carbons (Fsp3) is 0.0270. The molecule has 0 heterocycles. The second-order valence-electron chi connectivity index (χ2n) is 10.3. The largest absolute Gasteiger partial charge is 0.219 e. The van der Waals surface area contributed by atoms with Gasteiger partial charge in [0.25, 0.3) is 0 Å². The van der Waals surface area contributed by atoms with E-state index in [2.05, 4.69) is 48.5 Å². The van der Waals surface area contributed by atoms with Crippen LogP contribution in [0.3, 0.4) is 0 Å². The molecule has 0 spiro atoms. The molecule has 0 fully saturated rings. The van der Waals surface area contributed by atoms with E-state index < -0.39 is 19.7 Å². The molecule has 0 aliphatic rings. The first-order valence-corrected chi connectivity index (χ1v) is 19.6. The summed E-state index contributed by atoms with van der Waals surface area (Å²) in [6, 6.07) is 45.9. The zero-order valence-corrected chi connectivity index (χ0v) is 28.7. The lowest BCUT2D eigenvalue weighted by atomic mass is 10.2. The van der Waals surface area contributed by atoms with E-state index in [0.717, 1.165) is 34.9 Å². The number of benzene rings is 6. The topological polar surface area (TPSA) is 68.3 Å². The van der Waals surface area contributed by atoms with Crippen molar-refractivity contribution in [1.82, 2.24) is 0 Å². The summed E-state index contributed by atoms with van der Waals surface area (Å²) in [7, 11) is -7.08. The van der Waals surface area contributed by atoms with Crippen molar-refractivity contribution in [3.63, 3.8) is 0 Å². The molecule has 0 saturated heterocycles. The summed E-state index contributed by atoms with van der Waals surface area (Å²) in [6.07, 6.45) is 0. The van der Waals surface area contributed by atoms with Crippen molar-refractivity contribution in [2.24, 2.45) is 0 Å². The highest BCUT2D eigenvalue weighted by Crippen LogP contribution is 2.35. The molecule has 0 aliphatic heterocycles. The maximum atomic E-state index is 13.0. The summed E-state index contributed by atoms with van der Waals surface area (Å²) in [5.41, 5.74) is 1.02. The third-order valence-electron chi connectivity index (χ3n) is 7.01. The van der Waals surface area contributed by atoms with Crippen LogP contribution in [0.25, 0.3) is 0 Å². The zero-order chi connectivity index (χ0) is 32.1. The highest BCUT2D eigenvalue weighted by atomic mass is 32.2. The molecule has 0 saturated carbocycles. The van der Waals surface area contributed by atoms with E-state index in [4.69, 9.17) is 0 Å². The molecule has 4 nitrogen and oxygen atoms in total. The lowest BCUT2D eigenvalue weighted by Crippen LogP contribution is -2.01. The van der Waals surface area contributed by atoms with Crippen LogP contribution >= 0.6 is 35.3 Å². The summed E-state index contributed by atoms with van der Waals surface area (Å²) < 4.78 is 51.6. The minimum atomic E-state index is -3.55. The molecular formula is C37H28O4S5. The molecule has 9 heteroatoms. The number of hydrogen-bond donors (Lipinski definition) is 0.